The zero-order valence-corrected chi connectivity index (χ0v) is 41.9. The molecule has 0 atom stereocenters. The maximum atomic E-state index is 8.95. The quantitative estimate of drug-likeness (QED) is 0.109. The zero-order chi connectivity index (χ0) is 42.3. The largest absolute Gasteiger partial charge is 0.198 e. The highest BCUT2D eigenvalue weighted by atomic mass is 32.1. The van der Waals surface area contributed by atoms with Crippen LogP contribution in [0.3, 0.4) is 0 Å². The third-order valence-corrected chi connectivity index (χ3v) is 24.2. The molecule has 0 N–H and O–H groups in total. The van der Waals surface area contributed by atoms with Gasteiger partial charge in [0.05, 0.1) is 12.1 Å². The molecule has 0 spiro atoms. The summed E-state index contributed by atoms with van der Waals surface area (Å²) in [6, 6.07) is 54.1. The summed E-state index contributed by atoms with van der Waals surface area (Å²) in [5.41, 5.74) is 0. The molecule has 0 aliphatic rings. The maximum absolute atomic E-state index is 8.95. The Balaban J connectivity index is 0.733. The Labute approximate surface area is 409 Å². The Bertz CT molecular complexity index is 3200. The molecule has 11 aromatic rings. The van der Waals surface area contributed by atoms with Crippen molar-refractivity contribution in [1.82, 2.24) is 0 Å². The Kier molecular flexibility index (Phi) is 12.0. The molecule has 0 aliphatic heterocycles. The van der Waals surface area contributed by atoms with Crippen LogP contribution in [0, 0.1) is 22.7 Å². The molecule has 11 rings (SSSR count). The van der Waals surface area contributed by atoms with Crippen molar-refractivity contribution in [3.8, 4) is 110 Å². The first-order valence-electron chi connectivity index (χ1n) is 19.9. The molecule has 2 nitrogen and oxygen atoms in total. The second kappa shape index (κ2) is 18.3. The lowest BCUT2D eigenvalue weighted by atomic mass is 10.3. The highest BCUT2D eigenvalue weighted by molar-refractivity contribution is 7.32. The predicted molar refractivity (Wildman–Crippen MR) is 285 cm³/mol. The van der Waals surface area contributed by atoms with E-state index in [1.54, 1.807) is 22.7 Å². The number of aryl methyl sites for hydroxylation is 2. The van der Waals surface area contributed by atoms with Crippen molar-refractivity contribution >= 4 is 125 Å². The minimum atomic E-state index is 0.570. The van der Waals surface area contributed by atoms with Crippen LogP contribution in [-0.2, 0) is 12.8 Å². The van der Waals surface area contributed by atoms with Gasteiger partial charge in [0.2, 0.25) is 0 Å². The van der Waals surface area contributed by atoms with Gasteiger partial charge in [-0.3, -0.25) is 0 Å². The normalized spacial score (nSPS) is 11.4. The molecule has 0 fully saturated rings. The van der Waals surface area contributed by atoms with Crippen molar-refractivity contribution in [2.24, 2.45) is 0 Å². The molecule has 0 amide bonds. The van der Waals surface area contributed by atoms with Crippen molar-refractivity contribution in [3.05, 3.63) is 143 Å². The molecule has 13 heteroatoms. The zero-order valence-electron chi connectivity index (χ0n) is 32.9. The highest BCUT2D eigenvalue weighted by Crippen LogP contribution is 2.49. The number of nitrogens with zero attached hydrogens (tertiary/aromatic N) is 2. The third-order valence-electron chi connectivity index (χ3n) is 10.2. The number of nitriles is 2. The monoisotopic (exact) mass is 1010 g/mol. The van der Waals surface area contributed by atoms with Gasteiger partial charge in [-0.05, 0) is 146 Å². The first-order chi connectivity index (χ1) is 31.0. The first-order valence-corrected chi connectivity index (χ1v) is 28.9. The van der Waals surface area contributed by atoms with Crippen LogP contribution in [-0.4, -0.2) is 0 Å². The van der Waals surface area contributed by atoms with E-state index in [0.717, 1.165) is 12.8 Å². The van der Waals surface area contributed by atoms with Gasteiger partial charge in [-0.25, -0.2) is 0 Å². The SMILES string of the molecule is N#CCCc1ccc(-c2ccc(-c3ccc(-c4ccc(-c5ccc(-c6ccc(-c7ccc(-c8ccc(-c9ccc(-c%10ccc(-c%11ccc(CCC#N)s%11)s%10)s9)s8)s7)s6)s5)s4)s3)s2)s1. The molecule has 306 valence electrons. The summed E-state index contributed by atoms with van der Waals surface area (Å²) in [6.45, 7) is 0. The van der Waals surface area contributed by atoms with Crippen LogP contribution in [0.4, 0.5) is 0 Å². The van der Waals surface area contributed by atoms with Gasteiger partial charge in [-0.2, -0.15) is 10.5 Å². The Morgan fingerprint density at radius 2 is 0.365 bits per heavy atom. The second-order valence-corrected chi connectivity index (χ2v) is 26.4. The minimum Gasteiger partial charge on any atom is -0.198 e. The summed E-state index contributed by atoms with van der Waals surface area (Å²) in [5, 5.41) is 17.9. The van der Waals surface area contributed by atoms with E-state index in [1.807, 2.05) is 102 Å². The van der Waals surface area contributed by atoms with E-state index in [1.165, 1.54) is 107 Å². The highest BCUT2D eigenvalue weighted by Gasteiger charge is 2.17. The van der Waals surface area contributed by atoms with Crippen LogP contribution in [0.15, 0.2) is 133 Å². The molecule has 0 unspecified atom stereocenters. The van der Waals surface area contributed by atoms with E-state index in [2.05, 4.69) is 146 Å². The van der Waals surface area contributed by atoms with Crippen molar-refractivity contribution in [3.63, 3.8) is 0 Å². The smallest absolute Gasteiger partial charge is 0.0625 e. The van der Waals surface area contributed by atoms with E-state index in [0.29, 0.717) is 12.8 Å². The molecule has 0 radical (unpaired) electrons. The number of hydrogen-bond donors (Lipinski definition) is 0. The third kappa shape index (κ3) is 8.78. The lowest BCUT2D eigenvalue weighted by molar-refractivity contribution is 1.04. The summed E-state index contributed by atoms with van der Waals surface area (Å²) in [5.74, 6) is 0. The second-order valence-electron chi connectivity index (χ2n) is 14.3. The van der Waals surface area contributed by atoms with E-state index < -0.39 is 0 Å². The van der Waals surface area contributed by atoms with Crippen molar-refractivity contribution in [2.75, 3.05) is 0 Å². The van der Waals surface area contributed by atoms with Crippen molar-refractivity contribution < 1.29 is 0 Å². The van der Waals surface area contributed by atoms with Gasteiger partial charge in [0.1, 0.15) is 0 Å². The fourth-order valence-electron chi connectivity index (χ4n) is 7.07. The standard InChI is InChI=1S/C50H30N2S11/c51-27-1-3-29-5-7-31(53-29)33-9-11-35(55-33)37-13-15-39(57-37)41-17-19-43(59-41)45-21-23-47(61-45)49-25-26-50(63-49)48-24-22-46(62-48)44-20-18-42(60-44)40-16-14-38(58-40)36-12-10-34(56-36)32-8-6-30(54-32)4-2-28-52/h5-26H,1-4H2. The van der Waals surface area contributed by atoms with Crippen molar-refractivity contribution in [2.45, 2.75) is 25.7 Å². The van der Waals surface area contributed by atoms with Crippen LogP contribution in [0.25, 0.3) is 97.5 Å². The minimum absolute atomic E-state index is 0.570. The average Bonchev–Trinajstić information content (AvgIpc) is 4.13. The van der Waals surface area contributed by atoms with E-state index >= 15 is 0 Å². The lowest BCUT2D eigenvalue weighted by Crippen LogP contribution is -1.74. The molecular weight excluding hydrogens is 981 g/mol. The first kappa shape index (κ1) is 41.4. The van der Waals surface area contributed by atoms with Crippen LogP contribution in [0.2, 0.25) is 0 Å². The number of rotatable bonds is 14. The Morgan fingerprint density at radius 1 is 0.222 bits per heavy atom. The fourth-order valence-corrected chi connectivity index (χ4v) is 19.0. The molecule has 0 saturated carbocycles. The van der Waals surface area contributed by atoms with Crippen molar-refractivity contribution in [1.29, 1.82) is 10.5 Å². The number of thiophene rings is 11. The van der Waals surface area contributed by atoms with Gasteiger partial charge in [0, 0.05) is 120 Å². The molecule has 0 aliphatic carbocycles. The summed E-state index contributed by atoms with van der Waals surface area (Å²) < 4.78 is 0. The summed E-state index contributed by atoms with van der Waals surface area (Å²) >= 11 is 20.4. The lowest BCUT2D eigenvalue weighted by Gasteiger charge is -1.93. The van der Waals surface area contributed by atoms with Gasteiger partial charge in [0.15, 0.2) is 0 Å². The molecule has 0 bridgehead atoms. The fraction of sp³-hybridized carbons (Fsp3) is 0.0800. The molecule has 11 aromatic heterocycles. The van der Waals surface area contributed by atoms with E-state index in [-0.39, 0.29) is 0 Å². The molecule has 0 aromatic carbocycles. The summed E-state index contributed by atoms with van der Waals surface area (Å²) in [6.07, 6.45) is 2.80. The molecule has 0 saturated heterocycles. The molecule has 11 heterocycles. The van der Waals surface area contributed by atoms with Gasteiger partial charge < -0.3 is 0 Å². The summed E-state index contributed by atoms with van der Waals surface area (Å²) in [4.78, 5) is 28.6. The average molecular weight is 1010 g/mol. The molecular formula is C50H30N2S11. The molecule has 63 heavy (non-hydrogen) atoms. The van der Waals surface area contributed by atoms with Gasteiger partial charge in [0.25, 0.3) is 0 Å². The Hall–Kier alpha value is -4.32. The van der Waals surface area contributed by atoms with Gasteiger partial charge in [-0.1, -0.05) is 0 Å². The van der Waals surface area contributed by atoms with Gasteiger partial charge >= 0.3 is 0 Å². The van der Waals surface area contributed by atoms with E-state index in [4.69, 9.17) is 10.5 Å². The topological polar surface area (TPSA) is 47.6 Å². The van der Waals surface area contributed by atoms with Crippen LogP contribution in [0.5, 0.6) is 0 Å². The van der Waals surface area contributed by atoms with Gasteiger partial charge in [-0.15, -0.1) is 125 Å². The predicted octanol–water partition coefficient (Wildman–Crippen LogP) is 19.9. The summed E-state index contributed by atoms with van der Waals surface area (Å²) in [7, 11) is 0. The number of hydrogen-bond acceptors (Lipinski definition) is 13. The van der Waals surface area contributed by atoms with Crippen LogP contribution < -0.4 is 0 Å². The maximum Gasteiger partial charge on any atom is 0.0625 e. The van der Waals surface area contributed by atoms with E-state index in [9.17, 15) is 0 Å². The Morgan fingerprint density at radius 3 is 0.524 bits per heavy atom. The van der Waals surface area contributed by atoms with Crippen LogP contribution in [0.1, 0.15) is 22.6 Å². The van der Waals surface area contributed by atoms with Crippen LogP contribution >= 0.6 is 125 Å².